The first kappa shape index (κ1) is 14.9. The van der Waals surface area contributed by atoms with Gasteiger partial charge in [-0.2, -0.15) is 0 Å². The standard InChI is InChI=1S/C11H23NO4S/c1-16-8-5-9-17(14,15)12-10-11(13)6-3-2-4-7-11/h12-13H,2-10H2,1H3. The molecule has 0 bridgehead atoms. The van der Waals surface area contributed by atoms with Gasteiger partial charge in [0.25, 0.3) is 0 Å². The monoisotopic (exact) mass is 265 g/mol. The van der Waals surface area contributed by atoms with Gasteiger partial charge in [-0.25, -0.2) is 13.1 Å². The zero-order valence-corrected chi connectivity index (χ0v) is 11.3. The van der Waals surface area contributed by atoms with Gasteiger partial charge in [0.2, 0.25) is 10.0 Å². The molecule has 0 radical (unpaired) electrons. The van der Waals surface area contributed by atoms with Gasteiger partial charge in [0.1, 0.15) is 0 Å². The second-order valence-corrected chi connectivity index (χ2v) is 6.70. The molecule has 0 aliphatic heterocycles. The van der Waals surface area contributed by atoms with Crippen molar-refractivity contribution in [3.05, 3.63) is 0 Å². The number of sulfonamides is 1. The fourth-order valence-corrected chi connectivity index (χ4v) is 3.23. The largest absolute Gasteiger partial charge is 0.389 e. The second-order valence-electron chi connectivity index (χ2n) is 4.77. The van der Waals surface area contributed by atoms with Crippen LogP contribution in [-0.4, -0.2) is 45.1 Å². The Bertz CT molecular complexity index is 309. The van der Waals surface area contributed by atoms with Crippen molar-refractivity contribution in [2.24, 2.45) is 0 Å². The Morgan fingerprint density at radius 2 is 1.94 bits per heavy atom. The van der Waals surface area contributed by atoms with E-state index in [9.17, 15) is 13.5 Å². The van der Waals surface area contributed by atoms with Crippen LogP contribution in [0.3, 0.4) is 0 Å². The van der Waals surface area contributed by atoms with Gasteiger partial charge in [-0.3, -0.25) is 0 Å². The number of nitrogens with one attached hydrogen (secondary N) is 1. The Kier molecular flexibility index (Phi) is 5.85. The Balaban J connectivity index is 2.32. The summed E-state index contributed by atoms with van der Waals surface area (Å²) >= 11 is 0. The van der Waals surface area contributed by atoms with Crippen molar-refractivity contribution < 1.29 is 18.3 Å². The van der Waals surface area contributed by atoms with Crippen molar-refractivity contribution in [1.82, 2.24) is 4.72 Å². The van der Waals surface area contributed by atoms with E-state index in [0.29, 0.717) is 25.9 Å². The molecule has 1 rings (SSSR count). The first-order valence-electron chi connectivity index (χ1n) is 6.16. The molecule has 5 nitrogen and oxygen atoms in total. The third kappa shape index (κ3) is 5.81. The van der Waals surface area contributed by atoms with Crippen LogP contribution in [0.1, 0.15) is 38.5 Å². The Morgan fingerprint density at radius 3 is 2.53 bits per heavy atom. The van der Waals surface area contributed by atoms with E-state index in [4.69, 9.17) is 4.74 Å². The zero-order chi connectivity index (χ0) is 12.8. The average molecular weight is 265 g/mol. The van der Waals surface area contributed by atoms with Crippen LogP contribution in [0.4, 0.5) is 0 Å². The molecule has 1 aliphatic rings. The fourth-order valence-electron chi connectivity index (χ4n) is 2.10. The van der Waals surface area contributed by atoms with Gasteiger partial charge in [0.05, 0.1) is 11.4 Å². The van der Waals surface area contributed by atoms with Crippen LogP contribution in [-0.2, 0) is 14.8 Å². The molecule has 0 unspecified atom stereocenters. The van der Waals surface area contributed by atoms with E-state index >= 15 is 0 Å². The van der Waals surface area contributed by atoms with E-state index in [1.165, 1.54) is 0 Å². The van der Waals surface area contributed by atoms with E-state index < -0.39 is 15.6 Å². The van der Waals surface area contributed by atoms with E-state index in [-0.39, 0.29) is 12.3 Å². The van der Waals surface area contributed by atoms with Crippen LogP contribution in [0, 0.1) is 0 Å². The van der Waals surface area contributed by atoms with Crippen molar-refractivity contribution >= 4 is 10.0 Å². The maximum absolute atomic E-state index is 11.6. The molecule has 0 aromatic heterocycles. The van der Waals surface area contributed by atoms with Gasteiger partial charge in [-0.05, 0) is 19.3 Å². The molecule has 6 heteroatoms. The van der Waals surface area contributed by atoms with E-state index in [1.54, 1.807) is 7.11 Å². The zero-order valence-electron chi connectivity index (χ0n) is 10.4. The van der Waals surface area contributed by atoms with E-state index in [1.807, 2.05) is 0 Å². The summed E-state index contributed by atoms with van der Waals surface area (Å²) in [7, 11) is -1.73. The van der Waals surface area contributed by atoms with Crippen molar-refractivity contribution in [3.8, 4) is 0 Å². The minimum absolute atomic E-state index is 0.0525. The predicted octanol–water partition coefficient (Wildman–Crippen LogP) is 0.637. The molecular weight excluding hydrogens is 242 g/mol. The summed E-state index contributed by atoms with van der Waals surface area (Å²) in [5.41, 5.74) is -0.841. The SMILES string of the molecule is COCCCS(=O)(=O)NCC1(O)CCCCC1. The highest BCUT2D eigenvalue weighted by Gasteiger charge is 2.30. The Hall–Kier alpha value is -0.170. The number of hydrogen-bond donors (Lipinski definition) is 2. The molecule has 1 saturated carbocycles. The van der Waals surface area contributed by atoms with Crippen molar-refractivity contribution in [3.63, 3.8) is 0 Å². The van der Waals surface area contributed by atoms with Crippen LogP contribution in [0.5, 0.6) is 0 Å². The maximum Gasteiger partial charge on any atom is 0.211 e. The number of methoxy groups -OCH3 is 1. The molecule has 0 saturated heterocycles. The van der Waals surface area contributed by atoms with E-state index in [0.717, 1.165) is 19.3 Å². The number of aliphatic hydroxyl groups is 1. The molecule has 17 heavy (non-hydrogen) atoms. The van der Waals surface area contributed by atoms with Crippen molar-refractivity contribution in [2.75, 3.05) is 26.0 Å². The highest BCUT2D eigenvalue weighted by atomic mass is 32.2. The smallest absolute Gasteiger partial charge is 0.211 e. The van der Waals surface area contributed by atoms with Crippen LogP contribution >= 0.6 is 0 Å². The summed E-state index contributed by atoms with van der Waals surface area (Å²) in [6.07, 6.45) is 4.93. The minimum Gasteiger partial charge on any atom is -0.389 e. The van der Waals surface area contributed by atoms with Crippen LogP contribution < -0.4 is 4.72 Å². The second kappa shape index (κ2) is 6.68. The first-order valence-corrected chi connectivity index (χ1v) is 7.81. The molecule has 102 valence electrons. The third-order valence-corrected chi connectivity index (χ3v) is 4.58. The Labute approximate surface area is 104 Å². The molecule has 1 fully saturated rings. The molecule has 1 aliphatic carbocycles. The number of hydrogen-bond acceptors (Lipinski definition) is 4. The highest BCUT2D eigenvalue weighted by molar-refractivity contribution is 7.89. The van der Waals surface area contributed by atoms with Crippen molar-refractivity contribution in [2.45, 2.75) is 44.1 Å². The van der Waals surface area contributed by atoms with Gasteiger partial charge in [0, 0.05) is 20.3 Å². The van der Waals surface area contributed by atoms with Gasteiger partial charge in [-0.15, -0.1) is 0 Å². The highest BCUT2D eigenvalue weighted by Crippen LogP contribution is 2.27. The van der Waals surface area contributed by atoms with Crippen molar-refractivity contribution in [1.29, 1.82) is 0 Å². The topological polar surface area (TPSA) is 75.6 Å². The summed E-state index contributed by atoms with van der Waals surface area (Å²) in [6, 6.07) is 0. The molecule has 2 N–H and O–H groups in total. The third-order valence-electron chi connectivity index (χ3n) is 3.17. The summed E-state index contributed by atoms with van der Waals surface area (Å²) in [6.45, 7) is 0.577. The molecule has 0 spiro atoms. The molecule has 0 atom stereocenters. The minimum atomic E-state index is -3.28. The van der Waals surface area contributed by atoms with Gasteiger partial charge in [0.15, 0.2) is 0 Å². The van der Waals surface area contributed by atoms with Gasteiger partial charge in [-0.1, -0.05) is 19.3 Å². The predicted molar refractivity (Wildman–Crippen MR) is 66.3 cm³/mol. The lowest BCUT2D eigenvalue weighted by Gasteiger charge is -2.32. The average Bonchev–Trinajstić information content (AvgIpc) is 2.28. The fraction of sp³-hybridized carbons (Fsp3) is 1.00. The van der Waals surface area contributed by atoms with E-state index in [2.05, 4.69) is 4.72 Å². The lowest BCUT2D eigenvalue weighted by Crippen LogP contribution is -2.44. The molecule has 0 amide bonds. The molecule has 0 heterocycles. The van der Waals surface area contributed by atoms with Crippen LogP contribution in [0.15, 0.2) is 0 Å². The van der Waals surface area contributed by atoms with Gasteiger partial charge >= 0.3 is 0 Å². The number of rotatable bonds is 7. The molecule has 0 aromatic carbocycles. The summed E-state index contributed by atoms with van der Waals surface area (Å²) in [5, 5.41) is 10.2. The quantitative estimate of drug-likeness (QED) is 0.662. The summed E-state index contributed by atoms with van der Waals surface area (Å²) < 4.78 is 30.5. The lowest BCUT2D eigenvalue weighted by atomic mass is 9.85. The molecule has 0 aromatic rings. The summed E-state index contributed by atoms with van der Waals surface area (Å²) in [4.78, 5) is 0. The first-order chi connectivity index (χ1) is 7.97. The van der Waals surface area contributed by atoms with Crippen LogP contribution in [0.25, 0.3) is 0 Å². The van der Waals surface area contributed by atoms with Crippen LogP contribution in [0.2, 0.25) is 0 Å². The lowest BCUT2D eigenvalue weighted by molar-refractivity contribution is 0.00945. The molecular formula is C11H23NO4S. The van der Waals surface area contributed by atoms with Gasteiger partial charge < -0.3 is 9.84 Å². The Morgan fingerprint density at radius 1 is 1.29 bits per heavy atom. The maximum atomic E-state index is 11.6. The summed E-state index contributed by atoms with van der Waals surface area (Å²) in [5.74, 6) is 0.0525. The normalized spacial score (nSPS) is 20.4. The number of ether oxygens (including phenoxy) is 1.